The number of hydrogen-bond donors (Lipinski definition) is 2. The molecule has 4 rings (SSSR count). The zero-order chi connectivity index (χ0) is 23.3. The van der Waals surface area contributed by atoms with Gasteiger partial charge in [0, 0.05) is 17.9 Å². The first kappa shape index (κ1) is 24.9. The van der Waals surface area contributed by atoms with Crippen LogP contribution in [0.4, 0.5) is 0 Å². The summed E-state index contributed by atoms with van der Waals surface area (Å²) in [4.78, 5) is 17.0. The van der Waals surface area contributed by atoms with Crippen molar-refractivity contribution in [3.8, 4) is 0 Å². The van der Waals surface area contributed by atoms with Gasteiger partial charge in [-0.15, -0.1) is 22.7 Å². The molecule has 2 aromatic rings. The van der Waals surface area contributed by atoms with Crippen molar-refractivity contribution in [1.29, 1.82) is 0 Å². The molecule has 33 heavy (non-hydrogen) atoms. The summed E-state index contributed by atoms with van der Waals surface area (Å²) in [5.74, 6) is -0.0703. The molecular formula is C26H38N2O3S2. The van der Waals surface area contributed by atoms with Crippen LogP contribution in [0.2, 0.25) is 0 Å². The van der Waals surface area contributed by atoms with Crippen molar-refractivity contribution >= 4 is 28.6 Å². The van der Waals surface area contributed by atoms with Gasteiger partial charge in [0.1, 0.15) is 6.10 Å². The average molecular weight is 491 g/mol. The maximum atomic E-state index is 13.3. The molecule has 2 fully saturated rings. The summed E-state index contributed by atoms with van der Waals surface area (Å²) in [6.45, 7) is 3.20. The molecule has 3 atom stereocenters. The lowest BCUT2D eigenvalue weighted by Crippen LogP contribution is -2.39. The summed E-state index contributed by atoms with van der Waals surface area (Å²) in [6.07, 6.45) is 9.91. The smallest absolute Gasteiger partial charge is 0.349 e. The number of ether oxygens (including phenoxy) is 1. The maximum absolute atomic E-state index is 13.3. The summed E-state index contributed by atoms with van der Waals surface area (Å²) >= 11 is 2.79. The van der Waals surface area contributed by atoms with E-state index in [4.69, 9.17) is 4.74 Å². The molecule has 7 heteroatoms. The highest BCUT2D eigenvalue weighted by molar-refractivity contribution is 7.12. The predicted octanol–water partition coefficient (Wildman–Crippen LogP) is 4.86. The molecule has 2 aromatic heterocycles. The van der Waals surface area contributed by atoms with Gasteiger partial charge in [-0.1, -0.05) is 37.8 Å². The van der Waals surface area contributed by atoms with Gasteiger partial charge < -0.3 is 20.1 Å². The van der Waals surface area contributed by atoms with Gasteiger partial charge in [0.2, 0.25) is 5.60 Å². The van der Waals surface area contributed by atoms with Crippen LogP contribution in [0.1, 0.15) is 61.1 Å². The Kier molecular flexibility index (Phi) is 8.28. The Bertz CT molecular complexity index is 836. The van der Waals surface area contributed by atoms with Crippen molar-refractivity contribution in [2.24, 2.45) is 11.3 Å². The second kappa shape index (κ2) is 11.0. The Morgan fingerprint density at radius 3 is 2.33 bits per heavy atom. The molecule has 2 N–H and O–H groups in total. The Morgan fingerprint density at radius 2 is 1.79 bits per heavy atom. The van der Waals surface area contributed by atoms with Crippen molar-refractivity contribution < 1.29 is 14.6 Å². The molecule has 182 valence electrons. The number of nitrogens with zero attached hydrogens (tertiary/aromatic N) is 1. The van der Waals surface area contributed by atoms with Crippen LogP contribution in [0, 0.1) is 11.3 Å². The van der Waals surface area contributed by atoms with Crippen LogP contribution < -0.4 is 5.32 Å². The number of rotatable bonds is 15. The molecule has 2 heterocycles. The summed E-state index contributed by atoms with van der Waals surface area (Å²) in [5, 5.41) is 18.5. The van der Waals surface area contributed by atoms with Gasteiger partial charge in [0.15, 0.2) is 0 Å². The van der Waals surface area contributed by atoms with E-state index >= 15 is 0 Å². The largest absolute Gasteiger partial charge is 0.459 e. The molecule has 0 saturated heterocycles. The molecule has 2 aliphatic rings. The minimum absolute atomic E-state index is 0.0638. The topological polar surface area (TPSA) is 61.8 Å². The van der Waals surface area contributed by atoms with Gasteiger partial charge in [-0.2, -0.15) is 0 Å². The van der Waals surface area contributed by atoms with Crippen LogP contribution in [-0.2, 0) is 15.1 Å². The van der Waals surface area contributed by atoms with Crippen LogP contribution in [0.5, 0.6) is 0 Å². The fourth-order valence-electron chi connectivity index (χ4n) is 5.46. The predicted molar refractivity (Wildman–Crippen MR) is 136 cm³/mol. The van der Waals surface area contributed by atoms with Crippen LogP contribution in [-0.4, -0.2) is 55.8 Å². The van der Waals surface area contributed by atoms with E-state index in [9.17, 15) is 9.90 Å². The third kappa shape index (κ3) is 5.22. The summed E-state index contributed by atoms with van der Waals surface area (Å²) in [7, 11) is 4.21. The van der Waals surface area contributed by atoms with Crippen molar-refractivity contribution in [2.75, 3.05) is 33.7 Å². The molecule has 0 aliphatic heterocycles. The minimum atomic E-state index is -1.70. The van der Waals surface area contributed by atoms with Gasteiger partial charge in [-0.3, -0.25) is 0 Å². The fraction of sp³-hybridized carbons (Fsp3) is 0.654. The molecule has 0 spiro atoms. The second-order valence-electron chi connectivity index (χ2n) is 9.83. The lowest BCUT2D eigenvalue weighted by molar-refractivity contribution is -0.164. The van der Waals surface area contributed by atoms with Crippen LogP contribution >= 0.6 is 22.7 Å². The van der Waals surface area contributed by atoms with E-state index in [1.165, 1.54) is 61.2 Å². The number of nitrogens with one attached hydrogen (secondary N) is 1. The highest BCUT2D eigenvalue weighted by Gasteiger charge is 2.73. The van der Waals surface area contributed by atoms with Crippen molar-refractivity contribution in [2.45, 2.75) is 63.1 Å². The number of thiophene rings is 2. The molecule has 2 saturated carbocycles. The maximum Gasteiger partial charge on any atom is 0.349 e. The quantitative estimate of drug-likeness (QED) is 0.276. The summed E-state index contributed by atoms with van der Waals surface area (Å²) in [6, 6.07) is 7.37. The molecular weight excluding hydrogens is 452 g/mol. The third-order valence-corrected chi connectivity index (χ3v) is 9.51. The van der Waals surface area contributed by atoms with E-state index in [2.05, 4.69) is 17.3 Å². The van der Waals surface area contributed by atoms with Crippen molar-refractivity contribution in [3.05, 3.63) is 44.8 Å². The second-order valence-corrected chi connectivity index (χ2v) is 11.7. The van der Waals surface area contributed by atoms with E-state index in [0.717, 1.165) is 32.5 Å². The Morgan fingerprint density at radius 1 is 1.15 bits per heavy atom. The molecule has 0 amide bonds. The first-order valence-corrected chi connectivity index (χ1v) is 14.1. The summed E-state index contributed by atoms with van der Waals surface area (Å²) < 4.78 is 6.05. The highest BCUT2D eigenvalue weighted by atomic mass is 32.1. The SMILES string of the molecule is CNCCCCCCCCN(C)CC12CCC1C2OC(=O)C(O)(c1cccs1)c1cccs1. The number of esters is 1. The molecule has 5 nitrogen and oxygen atoms in total. The van der Waals surface area contributed by atoms with E-state index in [1.54, 1.807) is 0 Å². The zero-order valence-corrected chi connectivity index (χ0v) is 21.6. The first-order chi connectivity index (χ1) is 16.0. The summed E-state index contributed by atoms with van der Waals surface area (Å²) in [5.41, 5.74) is -1.60. The van der Waals surface area contributed by atoms with Crippen LogP contribution in [0.25, 0.3) is 0 Å². The van der Waals surface area contributed by atoms with Gasteiger partial charge in [-0.05, 0) is 75.8 Å². The minimum Gasteiger partial charge on any atom is -0.459 e. The Balaban J connectivity index is 1.26. The first-order valence-electron chi connectivity index (χ1n) is 12.4. The molecule has 0 bridgehead atoms. The van der Waals surface area contributed by atoms with Crippen molar-refractivity contribution in [3.63, 3.8) is 0 Å². The number of carbonyl (C=O) groups excluding carboxylic acids is 1. The average Bonchev–Trinajstić information content (AvgIpc) is 3.38. The highest BCUT2D eigenvalue weighted by Crippen LogP contribution is 2.69. The van der Waals surface area contributed by atoms with E-state index < -0.39 is 11.6 Å². The van der Waals surface area contributed by atoms with Gasteiger partial charge in [0.25, 0.3) is 0 Å². The zero-order valence-electron chi connectivity index (χ0n) is 19.9. The number of aliphatic hydroxyl groups is 1. The fourth-order valence-corrected chi connectivity index (χ4v) is 7.18. The third-order valence-electron chi connectivity index (χ3n) is 7.55. The lowest BCUT2D eigenvalue weighted by atomic mass is 9.84. The molecule has 0 aromatic carbocycles. The molecule has 3 unspecified atom stereocenters. The van der Waals surface area contributed by atoms with E-state index in [0.29, 0.717) is 15.7 Å². The lowest BCUT2D eigenvalue weighted by Gasteiger charge is -2.30. The molecule has 0 radical (unpaired) electrons. The number of hydrogen-bond acceptors (Lipinski definition) is 7. The van der Waals surface area contributed by atoms with Gasteiger partial charge in [0.05, 0.1) is 9.75 Å². The Hall–Kier alpha value is -1.25. The number of carbonyl (C=O) groups is 1. The normalized spacial score (nSPS) is 23.9. The van der Waals surface area contributed by atoms with Gasteiger partial charge in [-0.25, -0.2) is 4.79 Å². The number of fused-ring (bicyclic) bond motifs is 1. The van der Waals surface area contributed by atoms with E-state index in [-0.39, 0.29) is 11.5 Å². The standard InChI is InChI=1S/C26H38N2O3S2/c1-27-15-7-5-3-4-6-8-16-28(2)19-25-14-13-20(25)23(25)31-24(29)26(30,21-11-9-17-32-21)22-12-10-18-33-22/h9-12,17-18,20,23,27,30H,3-8,13-16,19H2,1-2H3. The monoisotopic (exact) mass is 490 g/mol. The van der Waals surface area contributed by atoms with Crippen LogP contribution in [0.15, 0.2) is 35.0 Å². The Labute approximate surface area is 206 Å². The van der Waals surface area contributed by atoms with Crippen molar-refractivity contribution in [1.82, 2.24) is 10.2 Å². The van der Waals surface area contributed by atoms with Gasteiger partial charge >= 0.3 is 5.97 Å². The van der Waals surface area contributed by atoms with E-state index in [1.807, 2.05) is 42.1 Å². The molecule has 2 aliphatic carbocycles. The van der Waals surface area contributed by atoms with Crippen LogP contribution in [0.3, 0.4) is 0 Å². The number of unbranched alkanes of at least 4 members (excludes halogenated alkanes) is 5.